The van der Waals surface area contributed by atoms with Crippen molar-refractivity contribution in [2.24, 2.45) is 0 Å². The highest BCUT2D eigenvalue weighted by Gasteiger charge is 2.25. The maximum absolute atomic E-state index is 3.38. The summed E-state index contributed by atoms with van der Waals surface area (Å²) in [6.07, 6.45) is 0. The summed E-state index contributed by atoms with van der Waals surface area (Å²) in [6.45, 7) is 4.09. The Kier molecular flexibility index (Phi) is 1.86. The standard InChI is InChI=1S/C6H14N4/c1-5-6(10-3-7-1)2-8-4-9-5/h5-10H,1-4H2/t5-,6-/m0/s1. The summed E-state index contributed by atoms with van der Waals surface area (Å²) in [5, 5.41) is 13.3. The fourth-order valence-corrected chi connectivity index (χ4v) is 1.58. The van der Waals surface area contributed by atoms with Crippen molar-refractivity contribution < 1.29 is 0 Å². The van der Waals surface area contributed by atoms with Gasteiger partial charge in [0.1, 0.15) is 0 Å². The molecule has 2 fully saturated rings. The SMILES string of the molecule is C1NC[C@@H]2NCNC[C@@H]2N1. The van der Waals surface area contributed by atoms with Crippen molar-refractivity contribution in [1.29, 1.82) is 0 Å². The lowest BCUT2D eigenvalue weighted by Gasteiger charge is -2.37. The van der Waals surface area contributed by atoms with Crippen LogP contribution in [0.25, 0.3) is 0 Å². The average Bonchev–Trinajstić information content (AvgIpc) is 2.05. The van der Waals surface area contributed by atoms with E-state index in [4.69, 9.17) is 0 Å². The van der Waals surface area contributed by atoms with Crippen LogP contribution < -0.4 is 21.3 Å². The highest BCUT2D eigenvalue weighted by molar-refractivity contribution is 4.91. The van der Waals surface area contributed by atoms with Gasteiger partial charge >= 0.3 is 0 Å². The van der Waals surface area contributed by atoms with Gasteiger partial charge in [-0.15, -0.1) is 0 Å². The topological polar surface area (TPSA) is 48.1 Å². The molecule has 0 aliphatic carbocycles. The molecule has 0 bridgehead atoms. The van der Waals surface area contributed by atoms with Crippen molar-refractivity contribution in [3.05, 3.63) is 0 Å². The second-order valence-corrected chi connectivity index (χ2v) is 2.88. The van der Waals surface area contributed by atoms with Crippen LogP contribution in [-0.2, 0) is 0 Å². The molecule has 10 heavy (non-hydrogen) atoms. The molecule has 0 spiro atoms. The van der Waals surface area contributed by atoms with Crippen molar-refractivity contribution in [3.8, 4) is 0 Å². The second kappa shape index (κ2) is 2.84. The monoisotopic (exact) mass is 142 g/mol. The van der Waals surface area contributed by atoms with Gasteiger partial charge in [-0.2, -0.15) is 0 Å². The molecule has 2 atom stereocenters. The molecule has 0 aromatic rings. The molecule has 2 rings (SSSR count). The predicted octanol–water partition coefficient (Wildman–Crippen LogP) is -1.98. The second-order valence-electron chi connectivity index (χ2n) is 2.88. The molecule has 2 saturated heterocycles. The highest BCUT2D eigenvalue weighted by Crippen LogP contribution is 1.98. The van der Waals surface area contributed by atoms with Crippen LogP contribution in [0.15, 0.2) is 0 Å². The Balaban J connectivity index is 1.93. The first-order valence-corrected chi connectivity index (χ1v) is 3.85. The quantitative estimate of drug-likeness (QED) is 0.317. The lowest BCUT2D eigenvalue weighted by atomic mass is 10.1. The highest BCUT2D eigenvalue weighted by atomic mass is 15.2. The van der Waals surface area contributed by atoms with Crippen LogP contribution in [0, 0.1) is 0 Å². The first kappa shape index (κ1) is 6.54. The number of hydrogen-bond donors (Lipinski definition) is 4. The lowest BCUT2D eigenvalue weighted by molar-refractivity contribution is 0.250. The van der Waals surface area contributed by atoms with E-state index in [9.17, 15) is 0 Å². The maximum Gasteiger partial charge on any atom is 0.0457 e. The molecular weight excluding hydrogens is 128 g/mol. The molecule has 4 nitrogen and oxygen atoms in total. The van der Waals surface area contributed by atoms with Crippen LogP contribution in [0.4, 0.5) is 0 Å². The molecule has 0 amide bonds. The van der Waals surface area contributed by atoms with Gasteiger partial charge in [0.2, 0.25) is 0 Å². The lowest BCUT2D eigenvalue weighted by Crippen LogP contribution is -2.67. The summed E-state index contributed by atoms with van der Waals surface area (Å²) >= 11 is 0. The van der Waals surface area contributed by atoms with Crippen LogP contribution in [0.5, 0.6) is 0 Å². The van der Waals surface area contributed by atoms with E-state index in [-0.39, 0.29) is 0 Å². The fraction of sp³-hybridized carbons (Fsp3) is 1.00. The van der Waals surface area contributed by atoms with E-state index >= 15 is 0 Å². The Labute approximate surface area is 60.8 Å². The molecule has 0 radical (unpaired) electrons. The summed E-state index contributed by atoms with van der Waals surface area (Å²) in [4.78, 5) is 0. The van der Waals surface area contributed by atoms with Crippen LogP contribution in [0.2, 0.25) is 0 Å². The predicted molar refractivity (Wildman–Crippen MR) is 39.6 cm³/mol. The third-order valence-corrected chi connectivity index (χ3v) is 2.19. The van der Waals surface area contributed by atoms with E-state index in [1.54, 1.807) is 0 Å². The van der Waals surface area contributed by atoms with Crippen molar-refractivity contribution in [1.82, 2.24) is 21.3 Å². The van der Waals surface area contributed by atoms with E-state index in [1.807, 2.05) is 0 Å². The molecule has 2 aliphatic rings. The van der Waals surface area contributed by atoms with E-state index in [0.717, 1.165) is 26.4 Å². The van der Waals surface area contributed by atoms with Gasteiger partial charge in [-0.05, 0) is 0 Å². The zero-order valence-corrected chi connectivity index (χ0v) is 5.98. The van der Waals surface area contributed by atoms with Gasteiger partial charge in [-0.1, -0.05) is 0 Å². The van der Waals surface area contributed by atoms with Crippen molar-refractivity contribution in [2.45, 2.75) is 12.1 Å². The molecule has 4 N–H and O–H groups in total. The van der Waals surface area contributed by atoms with E-state index in [0.29, 0.717) is 12.1 Å². The van der Waals surface area contributed by atoms with Gasteiger partial charge in [0.05, 0.1) is 0 Å². The number of fused-ring (bicyclic) bond motifs is 1. The van der Waals surface area contributed by atoms with Crippen LogP contribution in [-0.4, -0.2) is 38.5 Å². The fourth-order valence-electron chi connectivity index (χ4n) is 1.58. The van der Waals surface area contributed by atoms with E-state index in [1.165, 1.54) is 0 Å². The van der Waals surface area contributed by atoms with Crippen molar-refractivity contribution in [2.75, 3.05) is 26.4 Å². The molecule has 0 aromatic carbocycles. The molecular formula is C6H14N4. The van der Waals surface area contributed by atoms with Crippen LogP contribution in [0.3, 0.4) is 0 Å². The molecule has 2 heterocycles. The molecule has 0 aromatic heterocycles. The van der Waals surface area contributed by atoms with Crippen molar-refractivity contribution >= 4 is 0 Å². The molecule has 0 saturated carbocycles. The summed E-state index contributed by atoms with van der Waals surface area (Å²) in [6, 6.07) is 1.24. The van der Waals surface area contributed by atoms with E-state index < -0.39 is 0 Å². The summed E-state index contributed by atoms with van der Waals surface area (Å²) < 4.78 is 0. The maximum atomic E-state index is 3.38. The third kappa shape index (κ3) is 1.15. The van der Waals surface area contributed by atoms with Gasteiger partial charge in [0, 0.05) is 38.5 Å². The number of nitrogens with one attached hydrogen (secondary N) is 4. The number of rotatable bonds is 0. The Hall–Kier alpha value is -0.160. The van der Waals surface area contributed by atoms with Gasteiger partial charge in [-0.3, -0.25) is 10.6 Å². The Morgan fingerprint density at radius 3 is 1.80 bits per heavy atom. The summed E-state index contributed by atoms with van der Waals surface area (Å²) in [5.74, 6) is 0. The Bertz CT molecular complexity index is 90.3. The molecule has 58 valence electrons. The first-order valence-electron chi connectivity index (χ1n) is 3.85. The minimum Gasteiger partial charge on any atom is -0.303 e. The van der Waals surface area contributed by atoms with Gasteiger partial charge in [0.15, 0.2) is 0 Å². The first-order chi connectivity index (χ1) is 4.97. The van der Waals surface area contributed by atoms with Gasteiger partial charge in [-0.25, -0.2) is 0 Å². The normalized spacial score (nSPS) is 40.8. The molecule has 2 aliphatic heterocycles. The zero-order chi connectivity index (χ0) is 6.81. The Morgan fingerprint density at radius 1 is 0.800 bits per heavy atom. The van der Waals surface area contributed by atoms with E-state index in [2.05, 4.69) is 21.3 Å². The van der Waals surface area contributed by atoms with Gasteiger partial charge < -0.3 is 10.6 Å². The molecule has 0 unspecified atom stereocenters. The minimum absolute atomic E-state index is 0.620. The zero-order valence-electron chi connectivity index (χ0n) is 5.98. The average molecular weight is 142 g/mol. The van der Waals surface area contributed by atoms with Crippen molar-refractivity contribution in [3.63, 3.8) is 0 Å². The third-order valence-electron chi connectivity index (χ3n) is 2.19. The number of hydrogen-bond acceptors (Lipinski definition) is 4. The Morgan fingerprint density at radius 2 is 1.30 bits per heavy atom. The van der Waals surface area contributed by atoms with Gasteiger partial charge in [0.25, 0.3) is 0 Å². The largest absolute Gasteiger partial charge is 0.303 e. The smallest absolute Gasteiger partial charge is 0.0457 e. The molecule has 4 heteroatoms. The van der Waals surface area contributed by atoms with Crippen LogP contribution >= 0.6 is 0 Å². The minimum atomic E-state index is 0.620. The summed E-state index contributed by atoms with van der Waals surface area (Å²) in [7, 11) is 0. The van der Waals surface area contributed by atoms with Crippen LogP contribution in [0.1, 0.15) is 0 Å². The summed E-state index contributed by atoms with van der Waals surface area (Å²) in [5.41, 5.74) is 0.